The Morgan fingerprint density at radius 3 is 1.31 bits per heavy atom. The lowest BCUT2D eigenvalue weighted by molar-refractivity contribution is 0.289. The first-order valence-corrected chi connectivity index (χ1v) is 11.8. The van der Waals surface area contributed by atoms with Crippen molar-refractivity contribution in [2.45, 2.75) is 22.6 Å². The van der Waals surface area contributed by atoms with E-state index in [0.29, 0.717) is 24.3 Å². The molecule has 0 atom stereocenters. The normalized spacial score (nSPS) is 12.1. The third-order valence-electron chi connectivity index (χ3n) is 3.76. The lowest BCUT2D eigenvalue weighted by atomic mass is 10.3. The number of hydrogen-bond acceptors (Lipinski definition) is 7. The van der Waals surface area contributed by atoms with E-state index in [1.807, 2.05) is 0 Å². The van der Waals surface area contributed by atoms with Crippen LogP contribution in [0.5, 0.6) is 11.5 Å². The molecular formula is C18H24N2O7S2. The van der Waals surface area contributed by atoms with E-state index in [1.54, 1.807) is 0 Å². The number of sulfonamides is 2. The molecular weight excluding hydrogens is 420 g/mol. The highest BCUT2D eigenvalue weighted by molar-refractivity contribution is 7.89. The van der Waals surface area contributed by atoms with Gasteiger partial charge < -0.3 is 14.9 Å². The van der Waals surface area contributed by atoms with E-state index >= 15 is 0 Å². The second-order valence-corrected chi connectivity index (χ2v) is 9.53. The first-order chi connectivity index (χ1) is 13.8. The van der Waals surface area contributed by atoms with E-state index < -0.39 is 20.0 Å². The summed E-state index contributed by atoms with van der Waals surface area (Å²) in [6, 6.07) is 11.5. The topological polar surface area (TPSA) is 142 Å². The highest BCUT2D eigenvalue weighted by Crippen LogP contribution is 2.24. The molecule has 0 aliphatic carbocycles. The number of nitrogens with one attached hydrogen (secondary N) is 2. The van der Waals surface area contributed by atoms with Gasteiger partial charge in [0.15, 0.2) is 0 Å². The van der Waals surface area contributed by atoms with Crippen molar-refractivity contribution in [1.29, 1.82) is 0 Å². The number of aliphatic hydroxyl groups excluding tert-OH is 2. The summed E-state index contributed by atoms with van der Waals surface area (Å²) in [6.45, 7) is 0.0740. The van der Waals surface area contributed by atoms with Crippen molar-refractivity contribution < 1.29 is 31.8 Å². The second kappa shape index (κ2) is 10.7. The average molecular weight is 445 g/mol. The number of rotatable bonds is 12. The third-order valence-corrected chi connectivity index (χ3v) is 6.71. The van der Waals surface area contributed by atoms with Gasteiger partial charge in [-0.05, 0) is 61.4 Å². The summed E-state index contributed by atoms with van der Waals surface area (Å²) in [5.74, 6) is 0.770. The van der Waals surface area contributed by atoms with Gasteiger partial charge in [0.2, 0.25) is 20.0 Å². The van der Waals surface area contributed by atoms with Crippen molar-refractivity contribution in [2.24, 2.45) is 0 Å². The maximum atomic E-state index is 12.1. The number of ether oxygens (including phenoxy) is 1. The molecule has 0 saturated carbocycles. The quantitative estimate of drug-likeness (QED) is 0.355. The first kappa shape index (κ1) is 23.3. The van der Waals surface area contributed by atoms with Crippen LogP contribution in [0.4, 0.5) is 0 Å². The van der Waals surface area contributed by atoms with Crippen molar-refractivity contribution in [3.05, 3.63) is 48.5 Å². The zero-order valence-corrected chi connectivity index (χ0v) is 17.2. The number of benzene rings is 2. The van der Waals surface area contributed by atoms with Gasteiger partial charge in [0.25, 0.3) is 0 Å². The maximum Gasteiger partial charge on any atom is 0.240 e. The van der Waals surface area contributed by atoms with E-state index in [0.717, 1.165) is 0 Å². The summed E-state index contributed by atoms with van der Waals surface area (Å²) in [7, 11) is -7.32. The minimum Gasteiger partial charge on any atom is -0.457 e. The maximum absolute atomic E-state index is 12.1. The summed E-state index contributed by atoms with van der Waals surface area (Å²) < 4.78 is 58.7. The number of aliphatic hydroxyl groups is 2. The minimum atomic E-state index is -3.66. The van der Waals surface area contributed by atoms with Crippen molar-refractivity contribution in [3.8, 4) is 11.5 Å². The van der Waals surface area contributed by atoms with Gasteiger partial charge >= 0.3 is 0 Å². The molecule has 160 valence electrons. The third kappa shape index (κ3) is 7.07. The molecule has 0 fully saturated rings. The zero-order chi connectivity index (χ0) is 21.3. The predicted octanol–water partition coefficient (Wildman–Crippen LogP) is 0.800. The molecule has 2 rings (SSSR count). The Hall–Kier alpha value is -2.02. The average Bonchev–Trinajstić information content (AvgIpc) is 2.69. The Labute approximate surface area is 170 Å². The smallest absolute Gasteiger partial charge is 0.240 e. The molecule has 0 radical (unpaired) electrons. The van der Waals surface area contributed by atoms with Crippen LogP contribution < -0.4 is 14.2 Å². The van der Waals surface area contributed by atoms with Crippen LogP contribution in [-0.4, -0.2) is 53.4 Å². The van der Waals surface area contributed by atoms with Gasteiger partial charge in [-0.3, -0.25) is 0 Å². The Bertz CT molecular complexity index is 892. The fourth-order valence-electron chi connectivity index (χ4n) is 2.25. The van der Waals surface area contributed by atoms with Crippen LogP contribution in [0.15, 0.2) is 58.3 Å². The first-order valence-electron chi connectivity index (χ1n) is 8.87. The molecule has 0 aromatic heterocycles. The highest BCUT2D eigenvalue weighted by Gasteiger charge is 2.14. The van der Waals surface area contributed by atoms with Gasteiger partial charge in [0.05, 0.1) is 9.79 Å². The predicted molar refractivity (Wildman–Crippen MR) is 107 cm³/mol. The van der Waals surface area contributed by atoms with E-state index in [9.17, 15) is 16.8 Å². The molecule has 2 aromatic carbocycles. The monoisotopic (exact) mass is 444 g/mol. The van der Waals surface area contributed by atoms with Gasteiger partial charge in [-0.25, -0.2) is 26.3 Å². The van der Waals surface area contributed by atoms with Crippen LogP contribution in [0.3, 0.4) is 0 Å². The molecule has 29 heavy (non-hydrogen) atoms. The van der Waals surface area contributed by atoms with E-state index in [-0.39, 0.29) is 36.1 Å². The van der Waals surface area contributed by atoms with Crippen molar-refractivity contribution in [1.82, 2.24) is 9.44 Å². The van der Waals surface area contributed by atoms with E-state index in [2.05, 4.69) is 9.44 Å². The molecule has 4 N–H and O–H groups in total. The molecule has 0 aliphatic rings. The van der Waals surface area contributed by atoms with Gasteiger partial charge in [-0.1, -0.05) is 0 Å². The largest absolute Gasteiger partial charge is 0.457 e. The lowest BCUT2D eigenvalue weighted by Gasteiger charge is -2.10. The molecule has 0 heterocycles. The molecule has 0 aliphatic heterocycles. The molecule has 0 amide bonds. The zero-order valence-electron chi connectivity index (χ0n) is 15.6. The standard InChI is InChI=1S/C18H24N2O7S2/c21-13-1-11-19-28(23,24)17-7-3-15(4-8-17)27-16-5-9-18(10-6-16)29(25,26)20-12-2-14-22/h3-10,19-22H,1-2,11-14H2. The Morgan fingerprint density at radius 1 is 0.655 bits per heavy atom. The molecule has 2 aromatic rings. The Morgan fingerprint density at radius 2 is 1.00 bits per heavy atom. The van der Waals surface area contributed by atoms with Crippen LogP contribution in [0.25, 0.3) is 0 Å². The van der Waals surface area contributed by atoms with E-state index in [1.165, 1.54) is 48.5 Å². The van der Waals surface area contributed by atoms with Crippen molar-refractivity contribution in [3.63, 3.8) is 0 Å². The van der Waals surface area contributed by atoms with Crippen LogP contribution >= 0.6 is 0 Å². The van der Waals surface area contributed by atoms with Gasteiger partial charge in [0.1, 0.15) is 11.5 Å². The van der Waals surface area contributed by atoms with Gasteiger partial charge in [-0.15, -0.1) is 0 Å². The summed E-state index contributed by atoms with van der Waals surface area (Å²) in [5.41, 5.74) is 0. The summed E-state index contributed by atoms with van der Waals surface area (Å²) in [4.78, 5) is 0.136. The highest BCUT2D eigenvalue weighted by atomic mass is 32.2. The Balaban J connectivity index is 2.02. The lowest BCUT2D eigenvalue weighted by Crippen LogP contribution is -2.25. The number of hydrogen-bond donors (Lipinski definition) is 4. The van der Waals surface area contributed by atoms with Gasteiger partial charge in [0, 0.05) is 26.3 Å². The fraction of sp³-hybridized carbons (Fsp3) is 0.333. The second-order valence-electron chi connectivity index (χ2n) is 5.99. The van der Waals surface area contributed by atoms with Crippen molar-refractivity contribution >= 4 is 20.0 Å². The molecule has 0 unspecified atom stereocenters. The van der Waals surface area contributed by atoms with E-state index in [4.69, 9.17) is 14.9 Å². The SMILES string of the molecule is O=S(=O)(NCCCO)c1ccc(Oc2ccc(S(=O)(=O)NCCCO)cc2)cc1. The molecule has 0 bridgehead atoms. The molecule has 9 nitrogen and oxygen atoms in total. The molecule has 11 heteroatoms. The van der Waals surface area contributed by atoms with Crippen LogP contribution in [0.1, 0.15) is 12.8 Å². The minimum absolute atomic E-state index is 0.0678. The fourth-order valence-corrected chi connectivity index (χ4v) is 4.40. The Kier molecular flexibility index (Phi) is 8.56. The summed E-state index contributed by atoms with van der Waals surface area (Å²) >= 11 is 0. The summed E-state index contributed by atoms with van der Waals surface area (Å²) in [6.07, 6.45) is 0.645. The molecule has 0 saturated heterocycles. The van der Waals surface area contributed by atoms with Crippen LogP contribution in [-0.2, 0) is 20.0 Å². The van der Waals surface area contributed by atoms with Crippen molar-refractivity contribution in [2.75, 3.05) is 26.3 Å². The van der Waals surface area contributed by atoms with Crippen LogP contribution in [0.2, 0.25) is 0 Å². The van der Waals surface area contributed by atoms with Gasteiger partial charge in [-0.2, -0.15) is 0 Å². The summed E-state index contributed by atoms with van der Waals surface area (Å²) in [5, 5.41) is 17.4. The molecule has 0 spiro atoms. The van der Waals surface area contributed by atoms with Crippen LogP contribution in [0, 0.1) is 0 Å².